The lowest BCUT2D eigenvalue weighted by atomic mass is 10.0. The number of thioether (sulfide) groups is 1. The van der Waals surface area contributed by atoms with Gasteiger partial charge in [-0.1, -0.05) is 102 Å². The predicted molar refractivity (Wildman–Crippen MR) is 118 cm³/mol. The zero-order valence-electron chi connectivity index (χ0n) is 14.8. The summed E-state index contributed by atoms with van der Waals surface area (Å²) >= 11 is 8.37. The molecular weight excluding hydrogens is 404 g/mol. The van der Waals surface area contributed by atoms with Gasteiger partial charge in [-0.3, -0.25) is 4.79 Å². The minimum atomic E-state index is -0.381. The maximum absolute atomic E-state index is 13.2. The molecule has 4 rings (SSSR count). The highest BCUT2D eigenvalue weighted by molar-refractivity contribution is 8.02. The van der Waals surface area contributed by atoms with Gasteiger partial charge in [0.15, 0.2) is 14.1 Å². The Morgan fingerprint density at radius 3 is 2.11 bits per heavy atom. The summed E-state index contributed by atoms with van der Waals surface area (Å²) in [5.41, 5.74) is 2.56. The van der Waals surface area contributed by atoms with Crippen molar-refractivity contribution >= 4 is 41.1 Å². The highest BCUT2D eigenvalue weighted by atomic mass is 32.2. The summed E-state index contributed by atoms with van der Waals surface area (Å²) in [6, 6.07) is 29.0. The van der Waals surface area contributed by atoms with Gasteiger partial charge in [0.1, 0.15) is 0 Å². The second-order valence-corrected chi connectivity index (χ2v) is 8.99. The van der Waals surface area contributed by atoms with Gasteiger partial charge in [0.2, 0.25) is 0 Å². The fourth-order valence-corrected chi connectivity index (χ4v) is 5.43. The lowest BCUT2D eigenvalue weighted by molar-refractivity contribution is 0.0989. The Hall–Kier alpha value is -2.54. The number of aromatic nitrogens is 2. The van der Waals surface area contributed by atoms with Crippen molar-refractivity contribution in [2.24, 2.45) is 0 Å². The first-order chi connectivity index (χ1) is 13.7. The van der Waals surface area contributed by atoms with Crippen molar-refractivity contribution in [3.8, 4) is 5.69 Å². The van der Waals surface area contributed by atoms with E-state index in [-0.39, 0.29) is 11.0 Å². The van der Waals surface area contributed by atoms with Gasteiger partial charge >= 0.3 is 0 Å². The van der Waals surface area contributed by atoms with Crippen LogP contribution in [0.1, 0.15) is 21.2 Å². The molecule has 1 heterocycles. The van der Waals surface area contributed by atoms with Crippen molar-refractivity contribution in [3.05, 3.63) is 106 Å². The highest BCUT2D eigenvalue weighted by Gasteiger charge is 2.25. The molecule has 0 N–H and O–H groups in total. The number of carbonyl (C=O) groups excluding carboxylic acids is 1. The van der Waals surface area contributed by atoms with E-state index in [0.29, 0.717) is 9.52 Å². The van der Waals surface area contributed by atoms with Gasteiger partial charge in [-0.2, -0.15) is 0 Å². The minimum Gasteiger partial charge on any atom is -0.293 e. The Bertz CT molecular complexity index is 1120. The van der Waals surface area contributed by atoms with Crippen molar-refractivity contribution in [1.82, 2.24) is 9.78 Å². The van der Waals surface area contributed by atoms with Gasteiger partial charge in [0.25, 0.3) is 0 Å². The van der Waals surface area contributed by atoms with Crippen LogP contribution in [0, 0.1) is 3.95 Å². The van der Waals surface area contributed by atoms with E-state index in [1.165, 1.54) is 23.1 Å². The largest absolute Gasteiger partial charge is 0.293 e. The van der Waals surface area contributed by atoms with Gasteiger partial charge in [-0.15, -0.1) is 5.10 Å². The molecular formula is C22H16N2OS3. The number of hydrogen-bond acceptors (Lipinski definition) is 5. The molecule has 3 aromatic carbocycles. The normalized spacial score (nSPS) is 11.9. The fourth-order valence-electron chi connectivity index (χ4n) is 2.80. The van der Waals surface area contributed by atoms with E-state index < -0.39 is 0 Å². The fraction of sp³-hybridized carbons (Fsp3) is 0.0455. The predicted octanol–water partition coefficient (Wildman–Crippen LogP) is 6.38. The standard InChI is InChI=1S/C22H16N2OS3/c25-19(16-10-4-1-5-11-16)20(17-12-6-2-7-13-17)27-21-23-24(22(26)28-21)18-14-8-3-9-15-18/h1-15,20H/t20-/m1/s1. The quantitative estimate of drug-likeness (QED) is 0.206. The third kappa shape index (κ3) is 4.14. The third-order valence-corrected chi connectivity index (χ3v) is 6.72. The van der Waals surface area contributed by atoms with E-state index in [9.17, 15) is 4.79 Å². The summed E-state index contributed by atoms with van der Waals surface area (Å²) < 4.78 is 3.18. The summed E-state index contributed by atoms with van der Waals surface area (Å²) in [6.45, 7) is 0. The second-order valence-electron chi connectivity index (χ2n) is 6.02. The molecule has 0 saturated heterocycles. The molecule has 0 saturated carbocycles. The Labute approximate surface area is 176 Å². The summed E-state index contributed by atoms with van der Waals surface area (Å²) in [5.74, 6) is 0.0594. The van der Waals surface area contributed by atoms with Gasteiger partial charge in [0.05, 0.1) is 10.9 Å². The Balaban J connectivity index is 1.69. The van der Waals surface area contributed by atoms with E-state index in [0.717, 1.165) is 15.6 Å². The van der Waals surface area contributed by atoms with Gasteiger partial charge in [-0.25, -0.2) is 4.68 Å². The van der Waals surface area contributed by atoms with Crippen LogP contribution >= 0.6 is 35.3 Å². The van der Waals surface area contributed by atoms with E-state index >= 15 is 0 Å². The lowest BCUT2D eigenvalue weighted by Gasteiger charge is -2.14. The van der Waals surface area contributed by atoms with Crippen LogP contribution < -0.4 is 0 Å². The van der Waals surface area contributed by atoms with E-state index in [1.807, 2.05) is 91.0 Å². The molecule has 0 aliphatic rings. The lowest BCUT2D eigenvalue weighted by Crippen LogP contribution is -2.10. The average molecular weight is 421 g/mol. The monoisotopic (exact) mass is 420 g/mol. The summed E-state index contributed by atoms with van der Waals surface area (Å²) in [7, 11) is 0. The van der Waals surface area contributed by atoms with E-state index in [4.69, 9.17) is 12.2 Å². The number of hydrogen-bond donors (Lipinski definition) is 0. The van der Waals surface area contributed by atoms with Crippen LogP contribution in [0.5, 0.6) is 0 Å². The number of rotatable bonds is 6. The first-order valence-corrected chi connectivity index (χ1v) is 10.8. The molecule has 4 aromatic rings. The van der Waals surface area contributed by atoms with Crippen molar-refractivity contribution in [2.75, 3.05) is 0 Å². The van der Waals surface area contributed by atoms with Crippen molar-refractivity contribution in [2.45, 2.75) is 9.59 Å². The topological polar surface area (TPSA) is 34.9 Å². The molecule has 0 aliphatic carbocycles. The molecule has 138 valence electrons. The van der Waals surface area contributed by atoms with Crippen LogP contribution in [0.4, 0.5) is 0 Å². The first kappa shape index (κ1) is 18.8. The maximum Gasteiger partial charge on any atom is 0.184 e. The summed E-state index contributed by atoms with van der Waals surface area (Å²) in [6.07, 6.45) is 0. The van der Waals surface area contributed by atoms with Crippen LogP contribution in [-0.4, -0.2) is 15.6 Å². The summed E-state index contributed by atoms with van der Waals surface area (Å²) in [5, 5.41) is 4.28. The smallest absolute Gasteiger partial charge is 0.184 e. The third-order valence-electron chi connectivity index (χ3n) is 4.15. The SMILES string of the molecule is O=C(c1ccccc1)[C@H](Sc1nn(-c2ccccc2)c(=S)s1)c1ccccc1. The molecule has 0 amide bonds. The van der Waals surface area contributed by atoms with Gasteiger partial charge < -0.3 is 0 Å². The molecule has 6 heteroatoms. The number of ketones is 1. The zero-order valence-corrected chi connectivity index (χ0v) is 17.2. The second kappa shape index (κ2) is 8.65. The molecule has 28 heavy (non-hydrogen) atoms. The number of carbonyl (C=O) groups is 1. The van der Waals surface area contributed by atoms with Crippen molar-refractivity contribution in [1.29, 1.82) is 0 Å². The molecule has 1 atom stereocenters. The molecule has 0 spiro atoms. The molecule has 1 aromatic heterocycles. The number of Topliss-reactive ketones (excluding diaryl/α,β-unsaturated/α-hetero) is 1. The van der Waals surface area contributed by atoms with Crippen molar-refractivity contribution < 1.29 is 4.79 Å². The van der Waals surface area contributed by atoms with E-state index in [1.54, 1.807) is 4.68 Å². The molecule has 0 fully saturated rings. The Morgan fingerprint density at radius 2 is 1.46 bits per heavy atom. The first-order valence-electron chi connectivity index (χ1n) is 8.69. The molecule has 0 aliphatic heterocycles. The molecule has 0 bridgehead atoms. The van der Waals surface area contributed by atoms with Crippen LogP contribution in [0.15, 0.2) is 95.3 Å². The number of para-hydroxylation sites is 1. The molecule has 3 nitrogen and oxygen atoms in total. The van der Waals surface area contributed by atoms with Crippen LogP contribution in [0.25, 0.3) is 5.69 Å². The van der Waals surface area contributed by atoms with Crippen molar-refractivity contribution in [3.63, 3.8) is 0 Å². The maximum atomic E-state index is 13.2. The number of nitrogens with zero attached hydrogens (tertiary/aromatic N) is 2. The minimum absolute atomic E-state index is 0.0594. The molecule has 0 unspecified atom stereocenters. The highest BCUT2D eigenvalue weighted by Crippen LogP contribution is 2.39. The Morgan fingerprint density at radius 1 is 0.893 bits per heavy atom. The summed E-state index contributed by atoms with van der Waals surface area (Å²) in [4.78, 5) is 13.2. The van der Waals surface area contributed by atoms with Crippen LogP contribution in [-0.2, 0) is 0 Å². The van der Waals surface area contributed by atoms with Gasteiger partial charge in [-0.05, 0) is 29.9 Å². The van der Waals surface area contributed by atoms with E-state index in [2.05, 4.69) is 5.10 Å². The number of benzene rings is 3. The Kier molecular flexibility index (Phi) is 5.81. The van der Waals surface area contributed by atoms with Crippen LogP contribution in [0.2, 0.25) is 0 Å². The molecule has 0 radical (unpaired) electrons. The van der Waals surface area contributed by atoms with Crippen LogP contribution in [0.3, 0.4) is 0 Å². The van der Waals surface area contributed by atoms with Gasteiger partial charge in [0, 0.05) is 5.56 Å². The zero-order chi connectivity index (χ0) is 19.3. The average Bonchev–Trinajstić information content (AvgIpc) is 3.13.